The normalized spacial score (nSPS) is 10.4. The summed E-state index contributed by atoms with van der Waals surface area (Å²) in [6.45, 7) is 4.46. The van der Waals surface area contributed by atoms with E-state index < -0.39 is 5.97 Å². The highest BCUT2D eigenvalue weighted by Crippen LogP contribution is 2.12. The van der Waals surface area contributed by atoms with E-state index in [1.807, 2.05) is 19.1 Å². The smallest absolute Gasteiger partial charge is 0.303 e. The van der Waals surface area contributed by atoms with Gasteiger partial charge in [0.15, 0.2) is 0 Å². The first kappa shape index (κ1) is 15.5. The fraction of sp³-hybridized carbons (Fsp3) is 0.533. The third-order valence-corrected chi connectivity index (χ3v) is 2.82. The van der Waals surface area contributed by atoms with E-state index in [4.69, 9.17) is 9.84 Å². The fourth-order valence-corrected chi connectivity index (χ4v) is 1.80. The maximum Gasteiger partial charge on any atom is 0.303 e. The highest BCUT2D eigenvalue weighted by atomic mass is 16.5. The van der Waals surface area contributed by atoms with Crippen LogP contribution in [0.25, 0.3) is 0 Å². The molecule has 0 aromatic heterocycles. The van der Waals surface area contributed by atoms with Crippen molar-refractivity contribution in [1.82, 2.24) is 5.32 Å². The summed E-state index contributed by atoms with van der Waals surface area (Å²) in [5.74, 6) is 0.197. The molecular weight excluding hydrogens is 242 g/mol. The van der Waals surface area contributed by atoms with E-state index >= 15 is 0 Å². The third kappa shape index (κ3) is 7.47. The van der Waals surface area contributed by atoms with Gasteiger partial charge in [-0.3, -0.25) is 4.79 Å². The molecule has 0 atom stereocenters. The molecule has 2 N–H and O–H groups in total. The summed E-state index contributed by atoms with van der Waals surface area (Å²) in [5, 5.41) is 11.8. The summed E-state index contributed by atoms with van der Waals surface area (Å²) >= 11 is 0. The van der Waals surface area contributed by atoms with Crippen LogP contribution in [0.4, 0.5) is 0 Å². The lowest BCUT2D eigenvalue weighted by Crippen LogP contribution is -2.18. The molecule has 0 heterocycles. The number of hydrogen-bond donors (Lipinski definition) is 2. The number of rotatable bonds is 10. The van der Waals surface area contributed by atoms with E-state index in [1.54, 1.807) is 0 Å². The summed E-state index contributed by atoms with van der Waals surface area (Å²) < 4.78 is 5.39. The summed E-state index contributed by atoms with van der Waals surface area (Å²) in [6, 6.07) is 8.14. The first-order chi connectivity index (χ1) is 9.22. The molecule has 1 rings (SSSR count). The second kappa shape index (κ2) is 9.39. The van der Waals surface area contributed by atoms with E-state index in [0.717, 1.165) is 38.1 Å². The molecule has 4 nitrogen and oxygen atoms in total. The SMILES string of the molecule is CCOc1ccc(CCNCCCCC(=O)O)cc1. The number of benzene rings is 1. The van der Waals surface area contributed by atoms with Gasteiger partial charge in [0, 0.05) is 6.42 Å². The Morgan fingerprint density at radius 1 is 1.21 bits per heavy atom. The molecule has 19 heavy (non-hydrogen) atoms. The number of nitrogens with one attached hydrogen (secondary N) is 1. The molecule has 1 aromatic rings. The summed E-state index contributed by atoms with van der Waals surface area (Å²) in [7, 11) is 0. The topological polar surface area (TPSA) is 58.6 Å². The van der Waals surface area contributed by atoms with Gasteiger partial charge in [-0.15, -0.1) is 0 Å². The van der Waals surface area contributed by atoms with Gasteiger partial charge < -0.3 is 15.2 Å². The lowest BCUT2D eigenvalue weighted by molar-refractivity contribution is -0.137. The molecule has 0 saturated heterocycles. The maximum atomic E-state index is 10.3. The number of aliphatic carboxylic acids is 1. The minimum atomic E-state index is -0.714. The maximum absolute atomic E-state index is 10.3. The van der Waals surface area contributed by atoms with Crippen molar-refractivity contribution in [1.29, 1.82) is 0 Å². The standard InChI is InChI=1S/C15H23NO3/c1-2-19-14-8-6-13(7-9-14)10-12-16-11-4-3-5-15(17)18/h6-9,16H,2-5,10-12H2,1H3,(H,17,18). The Morgan fingerprint density at radius 3 is 2.58 bits per heavy atom. The Morgan fingerprint density at radius 2 is 1.95 bits per heavy atom. The molecule has 106 valence electrons. The number of carboxylic acids is 1. The summed E-state index contributed by atoms with van der Waals surface area (Å²) in [4.78, 5) is 10.3. The van der Waals surface area contributed by atoms with Gasteiger partial charge in [0.05, 0.1) is 6.61 Å². The second-order valence-electron chi connectivity index (χ2n) is 4.43. The minimum Gasteiger partial charge on any atom is -0.494 e. The Hall–Kier alpha value is -1.55. The Balaban J connectivity index is 2.07. The lowest BCUT2D eigenvalue weighted by Gasteiger charge is -2.06. The van der Waals surface area contributed by atoms with E-state index in [-0.39, 0.29) is 6.42 Å². The zero-order valence-corrected chi connectivity index (χ0v) is 11.5. The van der Waals surface area contributed by atoms with Gasteiger partial charge in [-0.05, 0) is 57.0 Å². The first-order valence-corrected chi connectivity index (χ1v) is 6.86. The van der Waals surface area contributed by atoms with Gasteiger partial charge in [0.1, 0.15) is 5.75 Å². The highest BCUT2D eigenvalue weighted by Gasteiger charge is 1.97. The molecule has 0 unspecified atom stereocenters. The van der Waals surface area contributed by atoms with Crippen LogP contribution >= 0.6 is 0 Å². The Bertz CT molecular complexity index is 362. The van der Waals surface area contributed by atoms with Crippen LogP contribution < -0.4 is 10.1 Å². The summed E-state index contributed by atoms with van der Waals surface area (Å²) in [6.07, 6.45) is 2.90. The van der Waals surface area contributed by atoms with Crippen molar-refractivity contribution >= 4 is 5.97 Å². The number of hydrogen-bond acceptors (Lipinski definition) is 3. The van der Waals surface area contributed by atoms with Gasteiger partial charge >= 0.3 is 5.97 Å². The molecule has 0 bridgehead atoms. The number of unbranched alkanes of at least 4 members (excludes halogenated alkanes) is 1. The van der Waals surface area contributed by atoms with Gasteiger partial charge in [-0.1, -0.05) is 12.1 Å². The number of carbonyl (C=O) groups is 1. The van der Waals surface area contributed by atoms with Crippen LogP contribution in [0.15, 0.2) is 24.3 Å². The Labute approximate surface area is 114 Å². The minimum absolute atomic E-state index is 0.264. The molecule has 4 heteroatoms. The van der Waals surface area contributed by atoms with Crippen LogP contribution in [0, 0.1) is 0 Å². The first-order valence-electron chi connectivity index (χ1n) is 6.86. The van der Waals surface area contributed by atoms with Gasteiger partial charge in [0.25, 0.3) is 0 Å². The molecule has 0 amide bonds. The molecule has 1 aromatic carbocycles. The molecule has 0 aliphatic carbocycles. The molecular formula is C15H23NO3. The predicted molar refractivity (Wildman–Crippen MR) is 75.7 cm³/mol. The van der Waals surface area contributed by atoms with Crippen molar-refractivity contribution in [3.8, 4) is 5.75 Å². The average Bonchev–Trinajstić information content (AvgIpc) is 2.39. The van der Waals surface area contributed by atoms with Crippen molar-refractivity contribution < 1.29 is 14.6 Å². The average molecular weight is 265 g/mol. The third-order valence-electron chi connectivity index (χ3n) is 2.82. The second-order valence-corrected chi connectivity index (χ2v) is 4.43. The van der Waals surface area contributed by atoms with Gasteiger partial charge in [-0.2, -0.15) is 0 Å². The van der Waals surface area contributed by atoms with Gasteiger partial charge in [0.2, 0.25) is 0 Å². The van der Waals surface area contributed by atoms with Crippen LogP contribution in [0.1, 0.15) is 31.7 Å². The lowest BCUT2D eigenvalue weighted by atomic mass is 10.1. The summed E-state index contributed by atoms with van der Waals surface area (Å²) in [5.41, 5.74) is 1.28. The van der Waals surface area contributed by atoms with Crippen LogP contribution in [-0.4, -0.2) is 30.8 Å². The van der Waals surface area contributed by atoms with Gasteiger partial charge in [-0.25, -0.2) is 0 Å². The number of ether oxygens (including phenoxy) is 1. The van der Waals surface area contributed by atoms with Crippen LogP contribution in [-0.2, 0) is 11.2 Å². The van der Waals surface area contributed by atoms with E-state index in [9.17, 15) is 4.79 Å². The van der Waals surface area contributed by atoms with Crippen LogP contribution in [0.3, 0.4) is 0 Å². The highest BCUT2D eigenvalue weighted by molar-refractivity contribution is 5.66. The Kier molecular flexibility index (Phi) is 7.66. The largest absolute Gasteiger partial charge is 0.494 e. The van der Waals surface area contributed by atoms with Crippen molar-refractivity contribution in [3.63, 3.8) is 0 Å². The zero-order chi connectivity index (χ0) is 13.9. The molecule has 0 saturated carbocycles. The van der Waals surface area contributed by atoms with E-state index in [2.05, 4.69) is 17.4 Å². The quantitative estimate of drug-likeness (QED) is 0.638. The zero-order valence-electron chi connectivity index (χ0n) is 11.5. The predicted octanol–water partition coefficient (Wildman–Crippen LogP) is 2.47. The molecule has 0 aliphatic rings. The number of carboxylic acid groups (broad SMARTS) is 1. The van der Waals surface area contributed by atoms with E-state index in [1.165, 1.54) is 5.56 Å². The van der Waals surface area contributed by atoms with Crippen LogP contribution in [0.2, 0.25) is 0 Å². The molecule has 0 spiro atoms. The van der Waals surface area contributed by atoms with Crippen molar-refractivity contribution in [2.24, 2.45) is 0 Å². The van der Waals surface area contributed by atoms with E-state index in [0.29, 0.717) is 6.61 Å². The van der Waals surface area contributed by atoms with Crippen molar-refractivity contribution in [2.75, 3.05) is 19.7 Å². The van der Waals surface area contributed by atoms with Crippen LogP contribution in [0.5, 0.6) is 5.75 Å². The monoisotopic (exact) mass is 265 g/mol. The fourth-order valence-electron chi connectivity index (χ4n) is 1.80. The molecule has 0 radical (unpaired) electrons. The molecule has 0 fully saturated rings. The van der Waals surface area contributed by atoms with Crippen molar-refractivity contribution in [2.45, 2.75) is 32.6 Å². The van der Waals surface area contributed by atoms with Crippen molar-refractivity contribution in [3.05, 3.63) is 29.8 Å². The molecule has 0 aliphatic heterocycles.